The maximum Gasteiger partial charge on any atom is 0.191 e. The van der Waals surface area contributed by atoms with Gasteiger partial charge in [-0.15, -0.1) is 24.0 Å². The van der Waals surface area contributed by atoms with Gasteiger partial charge in [-0.3, -0.25) is 0 Å². The molecule has 1 saturated carbocycles. The van der Waals surface area contributed by atoms with Crippen molar-refractivity contribution in [2.24, 2.45) is 16.8 Å². The van der Waals surface area contributed by atoms with E-state index in [1.165, 1.54) is 37.9 Å². The summed E-state index contributed by atoms with van der Waals surface area (Å²) in [6.07, 6.45) is 3.88. The second kappa shape index (κ2) is 11.1. The molecule has 2 fully saturated rings. The lowest BCUT2D eigenvalue weighted by molar-refractivity contribution is 0.296. The van der Waals surface area contributed by atoms with Crippen LogP contribution in [0.15, 0.2) is 23.2 Å². The highest BCUT2D eigenvalue weighted by Crippen LogP contribution is 2.31. The van der Waals surface area contributed by atoms with Crippen LogP contribution in [0.25, 0.3) is 0 Å². The van der Waals surface area contributed by atoms with E-state index in [4.69, 9.17) is 9.73 Å². The Balaban J connectivity index is 0.00000261. The Morgan fingerprint density at radius 3 is 2.70 bits per heavy atom. The number of halogens is 1. The standard InChI is InChI=1S/C21H34N4O.HI/c1-4-22-21(23-12-18-9-10-25(3)14-18)24-13-19-8-5-16(2)11-20(19)26-15-17-6-7-17;/h5,8,11,17-18H,4,6-7,9-10,12-15H2,1-3H3,(H2,22,23,24);1H. The summed E-state index contributed by atoms with van der Waals surface area (Å²) >= 11 is 0. The molecule has 1 aromatic carbocycles. The van der Waals surface area contributed by atoms with Crippen molar-refractivity contribution in [3.8, 4) is 5.75 Å². The van der Waals surface area contributed by atoms with Crippen molar-refractivity contribution >= 4 is 29.9 Å². The van der Waals surface area contributed by atoms with Gasteiger partial charge in [-0.25, -0.2) is 4.99 Å². The SMILES string of the molecule is CCNC(=NCc1ccc(C)cc1OCC1CC1)NCC1CCN(C)C1.I. The van der Waals surface area contributed by atoms with Gasteiger partial charge in [-0.1, -0.05) is 12.1 Å². The molecule has 27 heavy (non-hydrogen) atoms. The van der Waals surface area contributed by atoms with Crippen LogP contribution in [-0.2, 0) is 6.54 Å². The van der Waals surface area contributed by atoms with Crippen LogP contribution in [0.3, 0.4) is 0 Å². The zero-order chi connectivity index (χ0) is 18.4. The number of nitrogens with one attached hydrogen (secondary N) is 2. The van der Waals surface area contributed by atoms with E-state index in [2.05, 4.69) is 54.6 Å². The third kappa shape index (κ3) is 7.49. The molecule has 2 aliphatic rings. The van der Waals surface area contributed by atoms with Crippen LogP contribution in [0.1, 0.15) is 37.3 Å². The van der Waals surface area contributed by atoms with Gasteiger partial charge in [0.25, 0.3) is 0 Å². The minimum Gasteiger partial charge on any atom is -0.493 e. The van der Waals surface area contributed by atoms with Crippen LogP contribution in [0.2, 0.25) is 0 Å². The van der Waals surface area contributed by atoms with Crippen molar-refractivity contribution in [3.05, 3.63) is 29.3 Å². The van der Waals surface area contributed by atoms with Crippen molar-refractivity contribution in [2.45, 2.75) is 39.7 Å². The highest BCUT2D eigenvalue weighted by atomic mass is 127. The van der Waals surface area contributed by atoms with Gasteiger partial charge < -0.3 is 20.3 Å². The summed E-state index contributed by atoms with van der Waals surface area (Å²) in [6.45, 7) is 9.92. The fourth-order valence-corrected chi connectivity index (χ4v) is 3.36. The summed E-state index contributed by atoms with van der Waals surface area (Å²) in [6, 6.07) is 6.43. The van der Waals surface area contributed by atoms with Crippen molar-refractivity contribution in [3.63, 3.8) is 0 Å². The molecule has 2 N–H and O–H groups in total. The number of likely N-dealkylation sites (tertiary alicyclic amines) is 1. The minimum atomic E-state index is 0. The van der Waals surface area contributed by atoms with Crippen LogP contribution in [-0.4, -0.2) is 50.7 Å². The van der Waals surface area contributed by atoms with E-state index in [1.807, 2.05) is 0 Å². The Bertz CT molecular complexity index is 618. The largest absolute Gasteiger partial charge is 0.493 e. The molecule has 0 bridgehead atoms. The Morgan fingerprint density at radius 2 is 2.04 bits per heavy atom. The van der Waals surface area contributed by atoms with Crippen LogP contribution in [0.5, 0.6) is 5.75 Å². The van der Waals surface area contributed by atoms with Gasteiger partial charge in [0, 0.05) is 25.2 Å². The minimum absolute atomic E-state index is 0. The average molecular weight is 486 g/mol. The maximum absolute atomic E-state index is 6.07. The third-order valence-corrected chi connectivity index (χ3v) is 5.19. The second-order valence-electron chi connectivity index (χ2n) is 7.86. The maximum atomic E-state index is 6.07. The molecule has 1 unspecified atom stereocenters. The molecule has 0 aromatic heterocycles. The molecule has 6 heteroatoms. The van der Waals surface area contributed by atoms with Crippen LogP contribution in [0.4, 0.5) is 0 Å². The molecule has 1 aromatic rings. The van der Waals surface area contributed by atoms with Gasteiger partial charge in [0.2, 0.25) is 0 Å². The predicted octanol–water partition coefficient (Wildman–Crippen LogP) is 3.41. The van der Waals surface area contributed by atoms with Crippen molar-refractivity contribution in [1.82, 2.24) is 15.5 Å². The molecule has 1 aliphatic carbocycles. The summed E-state index contributed by atoms with van der Waals surface area (Å²) in [5.74, 6) is 3.36. The monoisotopic (exact) mass is 486 g/mol. The van der Waals surface area contributed by atoms with Crippen molar-refractivity contribution in [1.29, 1.82) is 0 Å². The highest BCUT2D eigenvalue weighted by molar-refractivity contribution is 14.0. The lowest BCUT2D eigenvalue weighted by Crippen LogP contribution is -2.40. The Kier molecular flexibility index (Phi) is 9.15. The van der Waals surface area contributed by atoms with E-state index in [1.54, 1.807) is 0 Å². The molecule has 1 atom stereocenters. The van der Waals surface area contributed by atoms with Crippen molar-refractivity contribution < 1.29 is 4.74 Å². The van der Waals surface area contributed by atoms with E-state index in [0.29, 0.717) is 12.5 Å². The van der Waals surface area contributed by atoms with Gasteiger partial charge in [0.05, 0.1) is 13.2 Å². The fourth-order valence-electron chi connectivity index (χ4n) is 3.36. The summed E-state index contributed by atoms with van der Waals surface area (Å²) in [4.78, 5) is 7.19. The molecule has 3 rings (SSSR count). The van der Waals surface area contributed by atoms with E-state index < -0.39 is 0 Å². The first-order valence-electron chi connectivity index (χ1n) is 10.1. The predicted molar refractivity (Wildman–Crippen MR) is 123 cm³/mol. The molecule has 1 saturated heterocycles. The summed E-state index contributed by atoms with van der Waals surface area (Å²) < 4.78 is 6.07. The Hall–Kier alpha value is -1.02. The highest BCUT2D eigenvalue weighted by Gasteiger charge is 2.22. The Morgan fingerprint density at radius 1 is 1.22 bits per heavy atom. The Labute approximate surface area is 181 Å². The summed E-state index contributed by atoms with van der Waals surface area (Å²) in [5.41, 5.74) is 2.40. The number of aliphatic imine (C=N–C) groups is 1. The first kappa shape index (κ1) is 22.3. The molecule has 5 nitrogen and oxygen atoms in total. The first-order valence-corrected chi connectivity index (χ1v) is 10.1. The molecular weight excluding hydrogens is 451 g/mol. The van der Waals surface area contributed by atoms with Crippen LogP contribution < -0.4 is 15.4 Å². The summed E-state index contributed by atoms with van der Waals surface area (Å²) in [7, 11) is 2.19. The molecule has 1 aliphatic heterocycles. The topological polar surface area (TPSA) is 48.9 Å². The van der Waals surface area contributed by atoms with E-state index in [-0.39, 0.29) is 24.0 Å². The summed E-state index contributed by atoms with van der Waals surface area (Å²) in [5, 5.41) is 6.88. The van der Waals surface area contributed by atoms with Crippen LogP contribution in [0, 0.1) is 18.8 Å². The number of nitrogens with zero attached hydrogens (tertiary/aromatic N) is 2. The zero-order valence-electron chi connectivity index (χ0n) is 17.0. The second-order valence-corrected chi connectivity index (χ2v) is 7.86. The number of hydrogen-bond acceptors (Lipinski definition) is 3. The molecule has 0 radical (unpaired) electrons. The normalized spacial score (nSPS) is 20.3. The molecule has 1 heterocycles. The quantitative estimate of drug-likeness (QED) is 0.336. The van der Waals surface area contributed by atoms with E-state index in [0.717, 1.165) is 42.9 Å². The van der Waals surface area contributed by atoms with Gasteiger partial charge in [-0.2, -0.15) is 0 Å². The fraction of sp³-hybridized carbons (Fsp3) is 0.667. The molecular formula is C21H35IN4O. The number of guanidine groups is 1. The zero-order valence-corrected chi connectivity index (χ0v) is 19.3. The van der Waals surface area contributed by atoms with Gasteiger partial charge in [-0.05, 0) is 70.2 Å². The average Bonchev–Trinajstić information content (AvgIpc) is 3.37. The van der Waals surface area contributed by atoms with Crippen molar-refractivity contribution in [2.75, 3.05) is 39.8 Å². The number of aryl methyl sites for hydroxylation is 1. The lowest BCUT2D eigenvalue weighted by Gasteiger charge is -2.16. The molecule has 152 valence electrons. The number of ether oxygens (including phenoxy) is 1. The van der Waals surface area contributed by atoms with Crippen LogP contribution >= 0.6 is 24.0 Å². The first-order chi connectivity index (χ1) is 12.6. The third-order valence-electron chi connectivity index (χ3n) is 5.19. The van der Waals surface area contributed by atoms with Gasteiger partial charge >= 0.3 is 0 Å². The van der Waals surface area contributed by atoms with Gasteiger partial charge in [0.15, 0.2) is 5.96 Å². The number of benzene rings is 1. The molecule has 0 amide bonds. The van der Waals surface area contributed by atoms with E-state index in [9.17, 15) is 0 Å². The number of rotatable bonds is 8. The lowest BCUT2D eigenvalue weighted by atomic mass is 10.1. The van der Waals surface area contributed by atoms with E-state index >= 15 is 0 Å². The number of hydrogen-bond donors (Lipinski definition) is 2. The van der Waals surface area contributed by atoms with Gasteiger partial charge in [0.1, 0.15) is 5.75 Å². The molecule has 0 spiro atoms. The smallest absolute Gasteiger partial charge is 0.191 e.